The summed E-state index contributed by atoms with van der Waals surface area (Å²) in [5.74, 6) is -1.62. The molecule has 0 aliphatic heterocycles. The van der Waals surface area contributed by atoms with Gasteiger partial charge in [-0.05, 0) is 19.1 Å². The fourth-order valence-corrected chi connectivity index (χ4v) is 1.14. The van der Waals surface area contributed by atoms with Crippen molar-refractivity contribution in [2.24, 2.45) is 0 Å². The van der Waals surface area contributed by atoms with Crippen molar-refractivity contribution in [2.45, 2.75) is 13.0 Å². The number of esters is 1. The van der Waals surface area contributed by atoms with Gasteiger partial charge >= 0.3 is 11.7 Å². The van der Waals surface area contributed by atoms with E-state index in [2.05, 4.69) is 4.74 Å². The van der Waals surface area contributed by atoms with Crippen molar-refractivity contribution in [3.8, 4) is 5.75 Å². The molecule has 1 aromatic rings. The Bertz CT molecular complexity index is 448. The Labute approximate surface area is 96.1 Å². The van der Waals surface area contributed by atoms with E-state index in [1.54, 1.807) is 0 Å². The standard InChI is InChI=1S/C10H10FNO5/c1-6(10(13)16-2)17-9-4-3-7(11)5-8(9)12(14)15/h3-6H,1-2H3. The molecule has 0 aromatic heterocycles. The molecule has 1 atom stereocenters. The second-order valence-electron chi connectivity index (χ2n) is 3.15. The van der Waals surface area contributed by atoms with Crippen LogP contribution in [-0.2, 0) is 9.53 Å². The predicted octanol–water partition coefficient (Wildman–Crippen LogP) is 1.67. The molecule has 7 heteroatoms. The number of nitro groups is 1. The number of carbonyl (C=O) groups is 1. The quantitative estimate of drug-likeness (QED) is 0.456. The summed E-state index contributed by atoms with van der Waals surface area (Å²) in [5.41, 5.74) is -0.541. The number of methoxy groups -OCH3 is 1. The second-order valence-corrected chi connectivity index (χ2v) is 3.15. The second kappa shape index (κ2) is 5.24. The minimum absolute atomic E-state index is 0.186. The van der Waals surface area contributed by atoms with Gasteiger partial charge < -0.3 is 9.47 Å². The van der Waals surface area contributed by atoms with E-state index in [0.717, 1.165) is 18.2 Å². The molecule has 0 saturated carbocycles. The average molecular weight is 243 g/mol. The topological polar surface area (TPSA) is 78.7 Å². The first-order valence-electron chi connectivity index (χ1n) is 4.64. The zero-order valence-corrected chi connectivity index (χ0v) is 9.18. The van der Waals surface area contributed by atoms with Gasteiger partial charge in [-0.1, -0.05) is 0 Å². The van der Waals surface area contributed by atoms with E-state index in [9.17, 15) is 19.3 Å². The first-order valence-corrected chi connectivity index (χ1v) is 4.64. The summed E-state index contributed by atoms with van der Waals surface area (Å²) in [6.45, 7) is 1.37. The Morgan fingerprint density at radius 3 is 2.71 bits per heavy atom. The van der Waals surface area contributed by atoms with Gasteiger partial charge in [0.15, 0.2) is 11.9 Å². The lowest BCUT2D eigenvalue weighted by Gasteiger charge is -2.12. The van der Waals surface area contributed by atoms with E-state index in [0.29, 0.717) is 0 Å². The van der Waals surface area contributed by atoms with Crippen LogP contribution < -0.4 is 4.74 Å². The maximum atomic E-state index is 12.8. The molecular weight excluding hydrogens is 233 g/mol. The lowest BCUT2D eigenvalue weighted by Crippen LogP contribution is -2.25. The Morgan fingerprint density at radius 2 is 2.18 bits per heavy atom. The first-order chi connectivity index (χ1) is 7.95. The van der Waals surface area contributed by atoms with Crippen molar-refractivity contribution in [3.63, 3.8) is 0 Å². The monoisotopic (exact) mass is 243 g/mol. The third-order valence-electron chi connectivity index (χ3n) is 1.95. The molecule has 0 N–H and O–H groups in total. The van der Waals surface area contributed by atoms with Crippen LogP contribution in [0.25, 0.3) is 0 Å². The van der Waals surface area contributed by atoms with E-state index < -0.39 is 28.5 Å². The number of carbonyl (C=O) groups excluding carboxylic acids is 1. The van der Waals surface area contributed by atoms with Crippen molar-refractivity contribution < 1.29 is 23.6 Å². The summed E-state index contributed by atoms with van der Waals surface area (Å²) in [5, 5.41) is 10.6. The van der Waals surface area contributed by atoms with Gasteiger partial charge in [-0.2, -0.15) is 0 Å². The molecule has 0 aliphatic carbocycles. The number of halogens is 1. The Morgan fingerprint density at radius 1 is 1.53 bits per heavy atom. The maximum Gasteiger partial charge on any atom is 0.346 e. The summed E-state index contributed by atoms with van der Waals surface area (Å²) in [7, 11) is 1.17. The lowest BCUT2D eigenvalue weighted by molar-refractivity contribution is -0.386. The summed E-state index contributed by atoms with van der Waals surface area (Å²) in [6, 6.07) is 2.82. The van der Waals surface area contributed by atoms with Crippen LogP contribution in [-0.4, -0.2) is 24.1 Å². The minimum Gasteiger partial charge on any atom is -0.472 e. The van der Waals surface area contributed by atoms with Crippen LogP contribution in [0.3, 0.4) is 0 Å². The van der Waals surface area contributed by atoms with Crippen molar-refractivity contribution in [3.05, 3.63) is 34.1 Å². The number of ether oxygens (including phenoxy) is 2. The summed E-state index contributed by atoms with van der Waals surface area (Å²) in [6.07, 6.45) is -1.01. The van der Waals surface area contributed by atoms with E-state index in [4.69, 9.17) is 4.74 Å². The zero-order valence-electron chi connectivity index (χ0n) is 9.18. The predicted molar refractivity (Wildman–Crippen MR) is 55.2 cm³/mol. The van der Waals surface area contributed by atoms with Crippen molar-refractivity contribution in [1.82, 2.24) is 0 Å². The number of rotatable bonds is 4. The van der Waals surface area contributed by atoms with Gasteiger partial charge in [0.2, 0.25) is 0 Å². The molecule has 1 rings (SSSR count). The Balaban J connectivity index is 2.98. The van der Waals surface area contributed by atoms with Crippen LogP contribution in [0.1, 0.15) is 6.92 Å². The molecule has 0 radical (unpaired) electrons. The molecule has 0 saturated heterocycles. The van der Waals surface area contributed by atoms with Gasteiger partial charge in [-0.25, -0.2) is 9.18 Å². The molecule has 1 aromatic carbocycles. The zero-order chi connectivity index (χ0) is 13.0. The molecule has 0 bridgehead atoms. The smallest absolute Gasteiger partial charge is 0.346 e. The molecule has 0 aliphatic rings. The summed E-state index contributed by atoms with van der Waals surface area (Å²) < 4.78 is 22.3. The highest BCUT2D eigenvalue weighted by atomic mass is 19.1. The van der Waals surface area contributed by atoms with Crippen molar-refractivity contribution in [1.29, 1.82) is 0 Å². The van der Waals surface area contributed by atoms with Crippen LogP contribution in [0.5, 0.6) is 5.75 Å². The molecular formula is C10H10FNO5. The SMILES string of the molecule is COC(=O)C(C)Oc1ccc(F)cc1[N+](=O)[O-]. The van der Waals surface area contributed by atoms with E-state index in [1.165, 1.54) is 14.0 Å². The van der Waals surface area contributed by atoms with Gasteiger partial charge in [0, 0.05) is 0 Å². The molecule has 6 nitrogen and oxygen atoms in total. The fraction of sp³-hybridized carbons (Fsp3) is 0.300. The number of hydrogen-bond donors (Lipinski definition) is 0. The van der Waals surface area contributed by atoms with E-state index in [-0.39, 0.29) is 5.75 Å². The van der Waals surface area contributed by atoms with E-state index >= 15 is 0 Å². The van der Waals surface area contributed by atoms with Crippen LogP contribution in [0.2, 0.25) is 0 Å². The van der Waals surface area contributed by atoms with Crippen LogP contribution >= 0.6 is 0 Å². The maximum absolute atomic E-state index is 12.8. The number of benzene rings is 1. The third kappa shape index (κ3) is 3.13. The van der Waals surface area contributed by atoms with Crippen LogP contribution in [0.4, 0.5) is 10.1 Å². The van der Waals surface area contributed by atoms with Gasteiger partial charge in [0.1, 0.15) is 5.82 Å². The average Bonchev–Trinajstić information content (AvgIpc) is 2.29. The molecule has 17 heavy (non-hydrogen) atoms. The highest BCUT2D eigenvalue weighted by Crippen LogP contribution is 2.28. The van der Waals surface area contributed by atoms with Crippen molar-refractivity contribution >= 4 is 11.7 Å². The largest absolute Gasteiger partial charge is 0.472 e. The molecule has 1 unspecified atom stereocenters. The summed E-state index contributed by atoms with van der Waals surface area (Å²) >= 11 is 0. The molecule has 0 heterocycles. The van der Waals surface area contributed by atoms with Gasteiger partial charge in [-0.15, -0.1) is 0 Å². The molecule has 0 amide bonds. The molecule has 0 fully saturated rings. The normalized spacial score (nSPS) is 11.7. The Kier molecular flexibility index (Phi) is 3.97. The number of nitrogens with zero attached hydrogens (tertiary/aromatic N) is 1. The van der Waals surface area contributed by atoms with Crippen LogP contribution in [0.15, 0.2) is 18.2 Å². The molecule has 0 spiro atoms. The van der Waals surface area contributed by atoms with Gasteiger partial charge in [0.25, 0.3) is 0 Å². The number of hydrogen-bond acceptors (Lipinski definition) is 5. The minimum atomic E-state index is -1.01. The van der Waals surface area contributed by atoms with Gasteiger partial charge in [-0.3, -0.25) is 10.1 Å². The third-order valence-corrected chi connectivity index (χ3v) is 1.95. The first kappa shape index (κ1) is 12.9. The Hall–Kier alpha value is -2.18. The lowest BCUT2D eigenvalue weighted by atomic mass is 10.3. The highest BCUT2D eigenvalue weighted by Gasteiger charge is 2.22. The van der Waals surface area contributed by atoms with Crippen molar-refractivity contribution in [2.75, 3.05) is 7.11 Å². The van der Waals surface area contributed by atoms with Gasteiger partial charge in [0.05, 0.1) is 18.1 Å². The van der Waals surface area contributed by atoms with E-state index in [1.807, 2.05) is 0 Å². The van der Waals surface area contributed by atoms with Crippen LogP contribution in [0, 0.1) is 15.9 Å². The summed E-state index contributed by atoms with van der Waals surface area (Å²) in [4.78, 5) is 20.9. The number of nitro benzene ring substituents is 1. The fourth-order valence-electron chi connectivity index (χ4n) is 1.14. The highest BCUT2D eigenvalue weighted by molar-refractivity contribution is 5.74. The molecule has 92 valence electrons.